The first kappa shape index (κ1) is 20.8. The molecule has 5 atom stereocenters. The number of rotatable bonds is 5. The average molecular weight is 398 g/mol. The maximum absolute atomic E-state index is 13.4. The van der Waals surface area contributed by atoms with Crippen molar-refractivity contribution < 1.29 is 44.0 Å². The van der Waals surface area contributed by atoms with Crippen molar-refractivity contribution in [2.24, 2.45) is 29.6 Å². The van der Waals surface area contributed by atoms with Crippen molar-refractivity contribution in [3.05, 3.63) is 0 Å². The highest BCUT2D eigenvalue weighted by Gasteiger charge is 2.73. The van der Waals surface area contributed by atoms with E-state index in [-0.39, 0.29) is 30.1 Å². The Kier molecular flexibility index (Phi) is 5.20. The first-order valence-corrected chi connectivity index (χ1v) is 9.42. The molecule has 2 aliphatic rings. The van der Waals surface area contributed by atoms with Gasteiger partial charge in [0.05, 0.1) is 0 Å². The molecule has 0 aromatic heterocycles. The molecule has 1 N–H and O–H groups in total. The third kappa shape index (κ3) is 3.78. The third-order valence-electron chi connectivity index (χ3n) is 5.95. The summed E-state index contributed by atoms with van der Waals surface area (Å²) in [6.07, 6.45) is -12.3. The minimum absolute atomic E-state index is 0.00973. The quantitative estimate of drug-likeness (QED) is 0.561. The van der Waals surface area contributed by atoms with Crippen LogP contribution in [0.15, 0.2) is 0 Å². The number of hydrogen-bond donors (Lipinski definition) is 1. The number of halogens is 6. The van der Waals surface area contributed by atoms with Gasteiger partial charge in [0, 0.05) is 0 Å². The van der Waals surface area contributed by atoms with E-state index in [1.165, 1.54) is 0 Å². The van der Waals surface area contributed by atoms with Crippen molar-refractivity contribution in [3.63, 3.8) is 0 Å². The molecule has 0 aliphatic heterocycles. The topological polar surface area (TPSA) is 63.6 Å². The first-order valence-electron chi connectivity index (χ1n) is 7.81. The van der Waals surface area contributed by atoms with E-state index in [1.807, 2.05) is 13.8 Å². The predicted molar refractivity (Wildman–Crippen MR) is 75.0 cm³/mol. The molecule has 2 bridgehead atoms. The zero-order valence-electron chi connectivity index (χ0n) is 13.6. The van der Waals surface area contributed by atoms with Crippen molar-refractivity contribution in [1.29, 1.82) is 0 Å². The maximum atomic E-state index is 13.4. The van der Waals surface area contributed by atoms with Gasteiger partial charge in [0.1, 0.15) is 0 Å². The van der Waals surface area contributed by atoms with Crippen LogP contribution in [0.3, 0.4) is 0 Å². The predicted octanol–water partition coefficient (Wildman–Crippen LogP) is 4.03. The van der Waals surface area contributed by atoms with E-state index in [2.05, 4.69) is 4.74 Å². The zero-order chi connectivity index (χ0) is 19.4. The van der Waals surface area contributed by atoms with Crippen LogP contribution in [-0.4, -0.2) is 36.9 Å². The molecular weight excluding hydrogens is 378 g/mol. The minimum atomic E-state index is -5.87. The van der Waals surface area contributed by atoms with Gasteiger partial charge in [0.25, 0.3) is 15.7 Å². The second-order valence-electron chi connectivity index (χ2n) is 7.24. The third-order valence-corrected chi connectivity index (χ3v) is 6.37. The highest BCUT2D eigenvalue weighted by molar-refractivity contribution is 7.85. The summed E-state index contributed by atoms with van der Waals surface area (Å²) in [4.78, 5) is 0. The van der Waals surface area contributed by atoms with Crippen molar-refractivity contribution >= 4 is 10.1 Å². The lowest BCUT2D eigenvalue weighted by Crippen LogP contribution is -2.60. The summed E-state index contributed by atoms with van der Waals surface area (Å²) in [6.45, 7) is 3.74. The summed E-state index contributed by atoms with van der Waals surface area (Å²) < 4.78 is 114. The van der Waals surface area contributed by atoms with E-state index in [4.69, 9.17) is 4.55 Å². The molecule has 148 valence electrons. The van der Waals surface area contributed by atoms with Crippen LogP contribution in [0.5, 0.6) is 0 Å². The Hall–Kier alpha value is -0.550. The number of fused-ring (bicyclic) bond motifs is 2. The molecule has 2 saturated carbocycles. The smallest absolute Gasteiger partial charge is 0.339 e. The van der Waals surface area contributed by atoms with Gasteiger partial charge >= 0.3 is 12.4 Å². The summed E-state index contributed by atoms with van der Waals surface area (Å²) in [7, 11) is -5.16. The van der Waals surface area contributed by atoms with Gasteiger partial charge in [-0.1, -0.05) is 13.8 Å². The van der Waals surface area contributed by atoms with Crippen molar-refractivity contribution in [2.75, 3.05) is 5.94 Å². The largest absolute Gasteiger partial charge is 0.426 e. The summed E-state index contributed by atoms with van der Waals surface area (Å²) in [5.41, 5.74) is -4.62. The first-order chi connectivity index (χ1) is 11.1. The molecule has 0 amide bonds. The fourth-order valence-corrected chi connectivity index (χ4v) is 4.84. The van der Waals surface area contributed by atoms with Crippen LogP contribution in [0.2, 0.25) is 0 Å². The average Bonchev–Trinajstić information content (AvgIpc) is 2.91. The standard InChI is InChI=1S/C14H20F6O4S/c1-7-8(2)11-4-9(7)3-10(11)5-12(13(15,16)17,14(18,19)20)24-6-25(21,22)23/h7-11H,3-6H2,1-2H3,(H,21,22,23). The molecular formula is C14H20F6O4S. The van der Waals surface area contributed by atoms with Crippen LogP contribution >= 0.6 is 0 Å². The molecule has 2 aliphatic carbocycles. The second-order valence-corrected chi connectivity index (χ2v) is 8.64. The molecule has 2 fully saturated rings. The maximum Gasteiger partial charge on any atom is 0.426 e. The van der Waals surface area contributed by atoms with Crippen LogP contribution < -0.4 is 0 Å². The lowest BCUT2D eigenvalue weighted by molar-refractivity contribution is -0.382. The Morgan fingerprint density at radius 3 is 1.88 bits per heavy atom. The van der Waals surface area contributed by atoms with Crippen LogP contribution in [0.25, 0.3) is 0 Å². The van der Waals surface area contributed by atoms with Gasteiger partial charge in [-0.15, -0.1) is 0 Å². The normalized spacial score (nSPS) is 33.9. The zero-order valence-corrected chi connectivity index (χ0v) is 14.4. The molecule has 0 spiro atoms. The second kappa shape index (κ2) is 6.26. The molecule has 4 nitrogen and oxygen atoms in total. The van der Waals surface area contributed by atoms with E-state index in [1.54, 1.807) is 0 Å². The van der Waals surface area contributed by atoms with Gasteiger partial charge < -0.3 is 4.74 Å². The minimum Gasteiger partial charge on any atom is -0.339 e. The summed E-state index contributed by atoms with van der Waals surface area (Å²) in [5.74, 6) is -2.96. The Morgan fingerprint density at radius 1 is 1.00 bits per heavy atom. The molecule has 0 aromatic carbocycles. The van der Waals surface area contributed by atoms with Crippen LogP contribution in [0.1, 0.15) is 33.1 Å². The SMILES string of the molecule is CC1C2CC(CC(OCS(=O)(=O)O)(C(F)(F)F)C(F)(F)F)C(C2)C1C. The Morgan fingerprint density at radius 2 is 1.52 bits per heavy atom. The lowest BCUT2D eigenvalue weighted by Gasteiger charge is -2.41. The van der Waals surface area contributed by atoms with Gasteiger partial charge in [-0.2, -0.15) is 34.8 Å². The van der Waals surface area contributed by atoms with Gasteiger partial charge in [0.15, 0.2) is 5.94 Å². The fraction of sp³-hybridized carbons (Fsp3) is 1.00. The molecule has 0 aromatic rings. The van der Waals surface area contributed by atoms with E-state index in [0.29, 0.717) is 6.42 Å². The molecule has 25 heavy (non-hydrogen) atoms. The Labute approximate surface area is 141 Å². The van der Waals surface area contributed by atoms with Gasteiger partial charge in [-0.05, 0) is 48.9 Å². The monoisotopic (exact) mass is 398 g/mol. The molecule has 0 heterocycles. The van der Waals surface area contributed by atoms with Crippen molar-refractivity contribution in [3.8, 4) is 0 Å². The summed E-state index contributed by atoms with van der Waals surface area (Å²) in [5, 5.41) is 0. The van der Waals surface area contributed by atoms with Crippen LogP contribution in [0.4, 0.5) is 26.3 Å². The molecule has 0 radical (unpaired) electrons. The summed E-state index contributed by atoms with van der Waals surface area (Å²) in [6, 6.07) is 0. The van der Waals surface area contributed by atoms with Crippen molar-refractivity contribution in [2.45, 2.75) is 51.1 Å². The molecule has 0 saturated heterocycles. The number of hydrogen-bond acceptors (Lipinski definition) is 3. The summed E-state index contributed by atoms with van der Waals surface area (Å²) >= 11 is 0. The Bertz CT molecular complexity index is 583. The highest BCUT2D eigenvalue weighted by atomic mass is 32.2. The van der Waals surface area contributed by atoms with E-state index >= 15 is 0 Å². The highest BCUT2D eigenvalue weighted by Crippen LogP contribution is 2.60. The molecule has 2 rings (SSSR count). The number of ether oxygens (including phenoxy) is 1. The number of alkyl halides is 6. The van der Waals surface area contributed by atoms with Crippen LogP contribution in [0, 0.1) is 29.6 Å². The van der Waals surface area contributed by atoms with E-state index in [0.717, 1.165) is 0 Å². The molecule has 11 heteroatoms. The van der Waals surface area contributed by atoms with Crippen molar-refractivity contribution in [1.82, 2.24) is 0 Å². The van der Waals surface area contributed by atoms with Gasteiger partial charge in [-0.25, -0.2) is 0 Å². The van der Waals surface area contributed by atoms with E-state index in [9.17, 15) is 34.8 Å². The fourth-order valence-electron chi connectivity index (χ4n) is 4.49. The van der Waals surface area contributed by atoms with Crippen LogP contribution in [-0.2, 0) is 14.9 Å². The van der Waals surface area contributed by atoms with Gasteiger partial charge in [-0.3, -0.25) is 4.55 Å². The van der Waals surface area contributed by atoms with E-state index < -0.39 is 46.3 Å². The molecule has 5 unspecified atom stereocenters. The Balaban J connectivity index is 2.35. The lowest BCUT2D eigenvalue weighted by atomic mass is 9.71. The van der Waals surface area contributed by atoms with Gasteiger partial charge in [0.2, 0.25) is 0 Å².